The van der Waals surface area contributed by atoms with Crippen molar-refractivity contribution in [3.63, 3.8) is 0 Å². The maximum atomic E-state index is 5.31. The topological polar surface area (TPSA) is 15.7 Å². The molecule has 2 atom stereocenters. The summed E-state index contributed by atoms with van der Waals surface area (Å²) in [6.45, 7) is 6.44. The number of nitrogens with zero attached hydrogens (tertiary/aromatic N) is 2. The summed E-state index contributed by atoms with van der Waals surface area (Å²) in [4.78, 5) is 4.75. The predicted octanol–water partition coefficient (Wildman–Crippen LogP) is -0.451. The fourth-order valence-corrected chi connectivity index (χ4v) is 1.38. The molecule has 2 aliphatic heterocycles. The third-order valence-electron chi connectivity index (χ3n) is 1.96. The van der Waals surface area contributed by atoms with Crippen molar-refractivity contribution in [2.75, 3.05) is 39.6 Å². The molecule has 0 aromatic carbocycles. The van der Waals surface area contributed by atoms with Gasteiger partial charge >= 0.3 is 0 Å². The largest absolute Gasteiger partial charge is 0.365 e. The van der Waals surface area contributed by atoms with Crippen molar-refractivity contribution in [1.82, 2.24) is 9.80 Å². The van der Waals surface area contributed by atoms with Gasteiger partial charge in [0.15, 0.2) is 0 Å². The second kappa shape index (κ2) is 2.25. The van der Waals surface area contributed by atoms with E-state index in [2.05, 4.69) is 9.80 Å². The highest BCUT2D eigenvalue weighted by molar-refractivity contribution is 4.70. The third kappa shape index (κ3) is 1.08. The first kappa shape index (κ1) is 5.65. The van der Waals surface area contributed by atoms with Gasteiger partial charge in [0.2, 0.25) is 0 Å². The number of rotatable bonds is 0. The van der Waals surface area contributed by atoms with Crippen LogP contribution in [-0.2, 0) is 4.74 Å². The Balaban J connectivity index is 1.99. The quantitative estimate of drug-likeness (QED) is 0.439. The number of ether oxygens (including phenoxy) is 1. The Morgan fingerprint density at radius 2 is 1.89 bits per heavy atom. The van der Waals surface area contributed by atoms with E-state index < -0.39 is 0 Å². The van der Waals surface area contributed by atoms with Crippen molar-refractivity contribution in [1.29, 1.82) is 0 Å². The van der Waals surface area contributed by atoms with Crippen molar-refractivity contribution in [2.45, 2.75) is 0 Å². The Hall–Kier alpha value is -0.120. The van der Waals surface area contributed by atoms with Crippen LogP contribution in [0.15, 0.2) is 0 Å². The molecule has 0 aromatic rings. The lowest BCUT2D eigenvalue weighted by Crippen LogP contribution is -2.23. The monoisotopic (exact) mass is 128 g/mol. The first-order chi connectivity index (χ1) is 4.45. The van der Waals surface area contributed by atoms with E-state index in [4.69, 9.17) is 4.74 Å². The standard InChI is InChI=1S/C6H12N2O/c1-2-8-5-7(1)3-4-9-6-8/h1-6H2. The van der Waals surface area contributed by atoms with E-state index in [0.29, 0.717) is 0 Å². The lowest BCUT2D eigenvalue weighted by molar-refractivity contribution is 0.0575. The minimum atomic E-state index is 0.844. The van der Waals surface area contributed by atoms with Gasteiger partial charge in [-0.15, -0.1) is 0 Å². The van der Waals surface area contributed by atoms with Gasteiger partial charge in [0.05, 0.1) is 13.3 Å². The molecule has 2 saturated heterocycles. The molecule has 0 spiro atoms. The van der Waals surface area contributed by atoms with E-state index in [1.54, 1.807) is 0 Å². The van der Waals surface area contributed by atoms with E-state index in [-0.39, 0.29) is 0 Å². The average molecular weight is 128 g/mol. The number of fused-ring (bicyclic) bond motifs is 2. The van der Waals surface area contributed by atoms with Gasteiger partial charge in [-0.3, -0.25) is 9.80 Å². The highest BCUT2D eigenvalue weighted by atomic mass is 16.5. The second-order valence-electron chi connectivity index (χ2n) is 2.69. The van der Waals surface area contributed by atoms with E-state index in [0.717, 1.165) is 26.6 Å². The Kier molecular flexibility index (Phi) is 1.41. The predicted molar refractivity (Wildman–Crippen MR) is 34.0 cm³/mol. The smallest absolute Gasteiger partial charge is 0.100 e. The maximum Gasteiger partial charge on any atom is 0.100 e. The van der Waals surface area contributed by atoms with Crippen molar-refractivity contribution < 1.29 is 4.74 Å². The minimum Gasteiger partial charge on any atom is -0.365 e. The summed E-state index contributed by atoms with van der Waals surface area (Å²) in [7, 11) is 0. The first-order valence-electron chi connectivity index (χ1n) is 3.47. The van der Waals surface area contributed by atoms with Crippen molar-refractivity contribution in [3.8, 4) is 0 Å². The fraction of sp³-hybridized carbons (Fsp3) is 1.00. The van der Waals surface area contributed by atoms with E-state index in [9.17, 15) is 0 Å². The SMILES string of the molecule is C1CN2CCN(CO1)C2. The molecule has 0 amide bonds. The summed E-state index contributed by atoms with van der Waals surface area (Å²) < 4.78 is 5.31. The van der Waals surface area contributed by atoms with Gasteiger partial charge in [0.1, 0.15) is 6.73 Å². The molecule has 2 heterocycles. The van der Waals surface area contributed by atoms with E-state index in [1.807, 2.05) is 0 Å². The summed E-state index contributed by atoms with van der Waals surface area (Å²) in [5, 5.41) is 0. The summed E-state index contributed by atoms with van der Waals surface area (Å²) in [6, 6.07) is 0. The van der Waals surface area contributed by atoms with E-state index >= 15 is 0 Å². The highest BCUT2D eigenvalue weighted by Crippen LogP contribution is 2.06. The van der Waals surface area contributed by atoms with Crippen LogP contribution < -0.4 is 0 Å². The third-order valence-corrected chi connectivity index (χ3v) is 1.96. The number of hydrogen-bond donors (Lipinski definition) is 0. The van der Waals surface area contributed by atoms with Crippen LogP contribution in [0.2, 0.25) is 0 Å². The van der Waals surface area contributed by atoms with Crippen LogP contribution in [0.3, 0.4) is 0 Å². The molecule has 2 unspecified atom stereocenters. The Morgan fingerprint density at radius 1 is 1.00 bits per heavy atom. The molecule has 3 nitrogen and oxygen atoms in total. The Labute approximate surface area is 55.2 Å². The second-order valence-corrected chi connectivity index (χ2v) is 2.69. The summed E-state index contributed by atoms with van der Waals surface area (Å²) in [5.74, 6) is 0. The molecule has 0 saturated carbocycles. The van der Waals surface area contributed by atoms with Gasteiger partial charge in [-0.25, -0.2) is 0 Å². The molecular formula is C6H12N2O. The lowest BCUT2D eigenvalue weighted by atomic mass is 10.5. The first-order valence-corrected chi connectivity index (χ1v) is 3.47. The molecule has 52 valence electrons. The summed E-state index contributed by atoms with van der Waals surface area (Å²) in [5.41, 5.74) is 0. The van der Waals surface area contributed by atoms with Gasteiger partial charge in [-0.2, -0.15) is 0 Å². The van der Waals surface area contributed by atoms with Crippen LogP contribution in [-0.4, -0.2) is 49.4 Å². The average Bonchev–Trinajstić information content (AvgIpc) is 2.09. The van der Waals surface area contributed by atoms with Crippen molar-refractivity contribution >= 4 is 0 Å². The summed E-state index contributed by atoms with van der Waals surface area (Å²) >= 11 is 0. The van der Waals surface area contributed by atoms with Gasteiger partial charge in [-0.05, 0) is 0 Å². The van der Waals surface area contributed by atoms with Crippen molar-refractivity contribution in [2.24, 2.45) is 0 Å². The molecule has 0 N–H and O–H groups in total. The minimum absolute atomic E-state index is 0.844. The molecule has 2 bridgehead atoms. The van der Waals surface area contributed by atoms with Crippen LogP contribution in [0.25, 0.3) is 0 Å². The zero-order valence-corrected chi connectivity index (χ0v) is 5.55. The molecule has 0 aromatic heterocycles. The molecular weight excluding hydrogens is 116 g/mol. The van der Waals surface area contributed by atoms with Crippen LogP contribution in [0.5, 0.6) is 0 Å². The molecule has 3 heteroatoms. The zero-order chi connectivity index (χ0) is 6.10. The van der Waals surface area contributed by atoms with Crippen LogP contribution >= 0.6 is 0 Å². The lowest BCUT2D eigenvalue weighted by Gasteiger charge is -2.10. The zero-order valence-electron chi connectivity index (χ0n) is 5.55. The normalized spacial score (nSPS) is 42.7. The van der Waals surface area contributed by atoms with Gasteiger partial charge in [0, 0.05) is 19.6 Å². The van der Waals surface area contributed by atoms with Gasteiger partial charge < -0.3 is 4.74 Å². The molecule has 2 rings (SSSR count). The van der Waals surface area contributed by atoms with Crippen LogP contribution in [0, 0.1) is 0 Å². The molecule has 2 aliphatic rings. The maximum absolute atomic E-state index is 5.31. The van der Waals surface area contributed by atoms with Gasteiger partial charge in [-0.1, -0.05) is 0 Å². The Bertz CT molecular complexity index is 95.2. The molecule has 0 aliphatic carbocycles. The van der Waals surface area contributed by atoms with E-state index in [1.165, 1.54) is 13.1 Å². The fourth-order valence-electron chi connectivity index (χ4n) is 1.38. The molecule has 2 fully saturated rings. The molecule has 9 heavy (non-hydrogen) atoms. The summed E-state index contributed by atoms with van der Waals surface area (Å²) in [6.07, 6.45) is 0. The highest BCUT2D eigenvalue weighted by Gasteiger charge is 2.21. The Morgan fingerprint density at radius 3 is 2.89 bits per heavy atom. The van der Waals surface area contributed by atoms with Crippen LogP contribution in [0.4, 0.5) is 0 Å². The van der Waals surface area contributed by atoms with Crippen LogP contribution in [0.1, 0.15) is 0 Å². The van der Waals surface area contributed by atoms with Crippen molar-refractivity contribution in [3.05, 3.63) is 0 Å². The number of hydrogen-bond acceptors (Lipinski definition) is 3. The van der Waals surface area contributed by atoms with Gasteiger partial charge in [0.25, 0.3) is 0 Å². The molecule has 0 radical (unpaired) electrons.